The molecule has 0 atom stereocenters. The van der Waals surface area contributed by atoms with Gasteiger partial charge in [0.05, 0.1) is 30.3 Å². The quantitative estimate of drug-likeness (QED) is 0.652. The molecule has 0 aliphatic carbocycles. The first-order chi connectivity index (χ1) is 6.20. The Morgan fingerprint density at radius 3 is 2.77 bits per heavy atom. The summed E-state index contributed by atoms with van der Waals surface area (Å²) in [6, 6.07) is 2.04. The minimum atomic E-state index is 0.417. The second-order valence-corrected chi connectivity index (χ2v) is 2.83. The van der Waals surface area contributed by atoms with Crippen molar-refractivity contribution in [2.45, 2.75) is 26.8 Å². The second-order valence-electron chi connectivity index (χ2n) is 2.83. The lowest BCUT2D eigenvalue weighted by Gasteiger charge is -1.98. The van der Waals surface area contributed by atoms with Crippen molar-refractivity contribution >= 4 is 6.29 Å². The van der Waals surface area contributed by atoms with E-state index in [1.54, 1.807) is 11.6 Å². The molecule has 0 aliphatic heterocycles. The van der Waals surface area contributed by atoms with Crippen LogP contribution in [-0.4, -0.2) is 16.1 Å². The van der Waals surface area contributed by atoms with Gasteiger partial charge in [0.1, 0.15) is 0 Å². The van der Waals surface area contributed by atoms with Crippen LogP contribution in [0.2, 0.25) is 0 Å². The fraction of sp³-hybridized carbons (Fsp3) is 0.444. The van der Waals surface area contributed by atoms with Crippen LogP contribution >= 0.6 is 0 Å². The van der Waals surface area contributed by atoms with Gasteiger partial charge in [-0.2, -0.15) is 10.4 Å². The van der Waals surface area contributed by atoms with Crippen molar-refractivity contribution in [2.75, 3.05) is 0 Å². The number of rotatable bonds is 3. The predicted molar refractivity (Wildman–Crippen MR) is 47.3 cm³/mol. The monoisotopic (exact) mass is 177 g/mol. The van der Waals surface area contributed by atoms with Gasteiger partial charge in [-0.25, -0.2) is 0 Å². The summed E-state index contributed by atoms with van der Waals surface area (Å²) in [5.41, 5.74) is 2.20. The van der Waals surface area contributed by atoms with Crippen LogP contribution in [0.4, 0.5) is 0 Å². The summed E-state index contributed by atoms with van der Waals surface area (Å²) in [5, 5.41) is 12.5. The van der Waals surface area contributed by atoms with Crippen LogP contribution in [0.3, 0.4) is 0 Å². The van der Waals surface area contributed by atoms with Crippen LogP contribution in [0.15, 0.2) is 0 Å². The molecule has 0 aliphatic rings. The first kappa shape index (κ1) is 9.46. The number of aromatic nitrogens is 2. The van der Waals surface area contributed by atoms with Crippen molar-refractivity contribution in [3.63, 3.8) is 0 Å². The number of aryl methyl sites for hydroxylation is 2. The maximum absolute atomic E-state index is 10.6. The number of carbonyl (C=O) groups excluding carboxylic acids is 1. The summed E-state index contributed by atoms with van der Waals surface area (Å²) in [5.74, 6) is 0. The molecule has 4 heteroatoms. The highest BCUT2D eigenvalue weighted by Crippen LogP contribution is 2.10. The van der Waals surface area contributed by atoms with Gasteiger partial charge in [0.15, 0.2) is 6.29 Å². The Kier molecular flexibility index (Phi) is 2.80. The van der Waals surface area contributed by atoms with Gasteiger partial charge in [0.25, 0.3) is 0 Å². The molecule has 13 heavy (non-hydrogen) atoms. The molecule has 0 radical (unpaired) electrons. The van der Waals surface area contributed by atoms with Gasteiger partial charge in [0.2, 0.25) is 0 Å². The molecule has 0 N–H and O–H groups in total. The van der Waals surface area contributed by atoms with E-state index in [1.165, 1.54) is 0 Å². The Morgan fingerprint density at radius 2 is 2.31 bits per heavy atom. The van der Waals surface area contributed by atoms with Gasteiger partial charge in [-0.1, -0.05) is 0 Å². The van der Waals surface area contributed by atoms with Crippen molar-refractivity contribution in [1.29, 1.82) is 5.26 Å². The molecular formula is C9H11N3O. The van der Waals surface area contributed by atoms with Crippen LogP contribution < -0.4 is 0 Å². The van der Waals surface area contributed by atoms with E-state index in [-0.39, 0.29) is 0 Å². The van der Waals surface area contributed by atoms with E-state index in [0.29, 0.717) is 18.5 Å². The predicted octanol–water partition coefficient (Wildman–Crippen LogP) is 1.23. The van der Waals surface area contributed by atoms with E-state index in [2.05, 4.69) is 5.10 Å². The summed E-state index contributed by atoms with van der Waals surface area (Å²) in [4.78, 5) is 10.6. The number of hydrogen-bond acceptors (Lipinski definition) is 3. The zero-order valence-corrected chi connectivity index (χ0v) is 7.74. The number of nitrogens with zero attached hydrogens (tertiary/aromatic N) is 3. The van der Waals surface area contributed by atoms with Gasteiger partial charge in [0, 0.05) is 5.69 Å². The maximum Gasteiger partial charge on any atom is 0.153 e. The Bertz CT molecular complexity index is 360. The second kappa shape index (κ2) is 3.85. The molecule has 0 aromatic carbocycles. The number of carbonyl (C=O) groups is 1. The molecular weight excluding hydrogens is 166 g/mol. The molecule has 68 valence electrons. The normalized spacial score (nSPS) is 9.62. The fourth-order valence-electron chi connectivity index (χ4n) is 1.25. The lowest BCUT2D eigenvalue weighted by molar-refractivity contribution is 0.112. The number of nitriles is 1. The zero-order chi connectivity index (χ0) is 9.84. The van der Waals surface area contributed by atoms with E-state index < -0.39 is 0 Å². The molecule has 1 aromatic rings. The fourth-order valence-corrected chi connectivity index (χ4v) is 1.25. The van der Waals surface area contributed by atoms with Gasteiger partial charge < -0.3 is 0 Å². The van der Waals surface area contributed by atoms with Crippen LogP contribution in [0.1, 0.15) is 28.2 Å². The van der Waals surface area contributed by atoms with Crippen molar-refractivity contribution < 1.29 is 4.79 Å². The molecule has 0 saturated heterocycles. The van der Waals surface area contributed by atoms with Gasteiger partial charge in [-0.05, 0) is 13.8 Å². The van der Waals surface area contributed by atoms with Crippen molar-refractivity contribution in [3.8, 4) is 6.07 Å². The standard InChI is InChI=1S/C9H11N3O/c1-7-9(6-13)8(2)12(11-7)5-3-4-10/h6H,3,5H2,1-2H3. The highest BCUT2D eigenvalue weighted by Gasteiger charge is 2.09. The molecule has 0 spiro atoms. The Morgan fingerprint density at radius 1 is 1.62 bits per heavy atom. The summed E-state index contributed by atoms with van der Waals surface area (Å²) >= 11 is 0. The summed E-state index contributed by atoms with van der Waals surface area (Å²) in [7, 11) is 0. The third-order valence-corrected chi connectivity index (χ3v) is 1.99. The summed E-state index contributed by atoms with van der Waals surface area (Å²) < 4.78 is 1.70. The van der Waals surface area contributed by atoms with Crippen LogP contribution in [0, 0.1) is 25.2 Å². The lowest BCUT2D eigenvalue weighted by atomic mass is 10.2. The molecule has 0 saturated carbocycles. The number of hydrogen-bond donors (Lipinski definition) is 0. The zero-order valence-electron chi connectivity index (χ0n) is 7.74. The topological polar surface area (TPSA) is 58.7 Å². The maximum atomic E-state index is 10.6. The first-order valence-corrected chi connectivity index (χ1v) is 4.06. The minimum Gasteiger partial charge on any atom is -0.298 e. The van der Waals surface area contributed by atoms with Crippen LogP contribution in [0.5, 0.6) is 0 Å². The molecule has 1 heterocycles. The SMILES string of the molecule is Cc1nn(CCC#N)c(C)c1C=O. The van der Waals surface area contributed by atoms with Crippen molar-refractivity contribution in [3.05, 3.63) is 17.0 Å². The average molecular weight is 177 g/mol. The molecule has 0 amide bonds. The Balaban J connectivity index is 2.98. The van der Waals surface area contributed by atoms with Gasteiger partial charge in [-0.15, -0.1) is 0 Å². The molecule has 1 rings (SSSR count). The average Bonchev–Trinajstić information content (AvgIpc) is 2.38. The van der Waals surface area contributed by atoms with Gasteiger partial charge >= 0.3 is 0 Å². The highest BCUT2D eigenvalue weighted by atomic mass is 16.1. The van der Waals surface area contributed by atoms with Crippen LogP contribution in [-0.2, 0) is 6.54 Å². The smallest absolute Gasteiger partial charge is 0.153 e. The van der Waals surface area contributed by atoms with Crippen LogP contribution in [0.25, 0.3) is 0 Å². The molecule has 0 bridgehead atoms. The summed E-state index contributed by atoms with van der Waals surface area (Å²) in [6.45, 7) is 4.18. The molecule has 4 nitrogen and oxygen atoms in total. The van der Waals surface area contributed by atoms with Crippen molar-refractivity contribution in [2.24, 2.45) is 0 Å². The Hall–Kier alpha value is -1.63. The largest absolute Gasteiger partial charge is 0.298 e. The van der Waals surface area contributed by atoms with E-state index in [1.807, 2.05) is 13.0 Å². The third-order valence-electron chi connectivity index (χ3n) is 1.99. The summed E-state index contributed by atoms with van der Waals surface area (Å²) in [6.07, 6.45) is 1.22. The highest BCUT2D eigenvalue weighted by molar-refractivity contribution is 5.77. The van der Waals surface area contributed by atoms with E-state index >= 15 is 0 Å². The van der Waals surface area contributed by atoms with Crippen molar-refractivity contribution in [1.82, 2.24) is 9.78 Å². The molecule has 0 fully saturated rings. The van der Waals surface area contributed by atoms with E-state index in [0.717, 1.165) is 17.7 Å². The molecule has 0 unspecified atom stereocenters. The third kappa shape index (κ3) is 1.75. The minimum absolute atomic E-state index is 0.417. The lowest BCUT2D eigenvalue weighted by Crippen LogP contribution is -2.02. The molecule has 1 aromatic heterocycles. The Labute approximate surface area is 76.8 Å². The van der Waals surface area contributed by atoms with E-state index in [9.17, 15) is 4.79 Å². The van der Waals surface area contributed by atoms with E-state index in [4.69, 9.17) is 5.26 Å². The number of aldehydes is 1. The first-order valence-electron chi connectivity index (χ1n) is 4.06. The van der Waals surface area contributed by atoms with Gasteiger partial charge in [-0.3, -0.25) is 9.48 Å².